The van der Waals surface area contributed by atoms with Gasteiger partial charge in [-0.05, 0) is 30.2 Å². The second kappa shape index (κ2) is 5.84. The van der Waals surface area contributed by atoms with Crippen molar-refractivity contribution in [3.05, 3.63) is 34.1 Å². The van der Waals surface area contributed by atoms with Crippen LogP contribution in [0.4, 0.5) is 0 Å². The van der Waals surface area contributed by atoms with Crippen LogP contribution in [0, 0.1) is 5.92 Å². The second-order valence-electron chi connectivity index (χ2n) is 5.18. The Balaban J connectivity index is 1.58. The molecule has 4 nitrogen and oxygen atoms in total. The molecule has 19 heavy (non-hydrogen) atoms. The lowest BCUT2D eigenvalue weighted by Crippen LogP contribution is -2.20. The highest BCUT2D eigenvalue weighted by molar-refractivity contribution is 7.09. The van der Waals surface area contributed by atoms with Crippen molar-refractivity contribution in [1.82, 2.24) is 10.1 Å². The van der Waals surface area contributed by atoms with Gasteiger partial charge >= 0.3 is 0 Å². The van der Waals surface area contributed by atoms with Crippen LogP contribution in [0.2, 0.25) is 0 Å². The molecule has 2 aromatic heterocycles. The molecule has 0 saturated heterocycles. The first-order valence-corrected chi connectivity index (χ1v) is 7.71. The Hall–Kier alpha value is -1.20. The standard InChI is InChI=1S/C14H18N2O2S/c17-12(10-4-1-2-5-10)9-14-15-13(16-18-14)8-11-6-3-7-19-11/h3,6-7,10,12,17H,1-2,4-5,8-9H2. The Labute approximate surface area is 116 Å². The van der Waals surface area contributed by atoms with Crippen LogP contribution >= 0.6 is 11.3 Å². The van der Waals surface area contributed by atoms with Crippen LogP contribution in [-0.2, 0) is 12.8 Å². The number of hydrogen-bond acceptors (Lipinski definition) is 5. The van der Waals surface area contributed by atoms with Crippen LogP contribution in [0.25, 0.3) is 0 Å². The number of nitrogens with zero attached hydrogens (tertiary/aromatic N) is 2. The van der Waals surface area contributed by atoms with Crippen LogP contribution in [0.3, 0.4) is 0 Å². The van der Waals surface area contributed by atoms with Gasteiger partial charge in [0.1, 0.15) is 0 Å². The van der Waals surface area contributed by atoms with E-state index in [1.807, 2.05) is 11.4 Å². The first-order chi connectivity index (χ1) is 9.31. The van der Waals surface area contributed by atoms with Crippen molar-refractivity contribution >= 4 is 11.3 Å². The van der Waals surface area contributed by atoms with Crippen LogP contribution in [0.5, 0.6) is 0 Å². The highest BCUT2D eigenvalue weighted by Gasteiger charge is 2.25. The lowest BCUT2D eigenvalue weighted by Gasteiger charge is -2.14. The summed E-state index contributed by atoms with van der Waals surface area (Å²) in [6, 6.07) is 4.08. The lowest BCUT2D eigenvalue weighted by molar-refractivity contribution is 0.102. The number of aromatic nitrogens is 2. The van der Waals surface area contributed by atoms with Crippen molar-refractivity contribution in [3.8, 4) is 0 Å². The Kier molecular flexibility index (Phi) is 3.94. The van der Waals surface area contributed by atoms with Gasteiger partial charge in [0.25, 0.3) is 0 Å². The molecule has 1 aliphatic rings. The van der Waals surface area contributed by atoms with Gasteiger partial charge in [0.2, 0.25) is 5.89 Å². The summed E-state index contributed by atoms with van der Waals surface area (Å²) in [6.07, 6.45) is 5.57. The van der Waals surface area contributed by atoms with Crippen molar-refractivity contribution < 1.29 is 9.63 Å². The van der Waals surface area contributed by atoms with Gasteiger partial charge in [0.15, 0.2) is 5.82 Å². The van der Waals surface area contributed by atoms with E-state index in [0.717, 1.165) is 12.8 Å². The minimum Gasteiger partial charge on any atom is -0.392 e. The highest BCUT2D eigenvalue weighted by atomic mass is 32.1. The van der Waals surface area contributed by atoms with E-state index in [1.165, 1.54) is 17.7 Å². The molecule has 0 amide bonds. The number of aliphatic hydroxyl groups is 1. The third-order valence-corrected chi connectivity index (χ3v) is 4.63. The average Bonchev–Trinajstić information content (AvgIpc) is 3.10. The maximum Gasteiger partial charge on any atom is 0.229 e. The molecule has 1 aliphatic carbocycles. The molecule has 0 bridgehead atoms. The first kappa shape index (κ1) is 12.8. The van der Waals surface area contributed by atoms with Gasteiger partial charge < -0.3 is 9.63 Å². The minimum atomic E-state index is -0.336. The van der Waals surface area contributed by atoms with E-state index in [4.69, 9.17) is 4.52 Å². The van der Waals surface area contributed by atoms with Gasteiger partial charge in [-0.3, -0.25) is 0 Å². The molecule has 102 valence electrons. The van der Waals surface area contributed by atoms with E-state index in [1.54, 1.807) is 11.3 Å². The molecule has 2 aromatic rings. The zero-order chi connectivity index (χ0) is 13.1. The van der Waals surface area contributed by atoms with Crippen LogP contribution < -0.4 is 0 Å². The predicted molar refractivity (Wildman–Crippen MR) is 73.1 cm³/mol. The Morgan fingerprint density at radius 3 is 3.00 bits per heavy atom. The molecule has 1 atom stereocenters. The van der Waals surface area contributed by atoms with Gasteiger partial charge in [0.05, 0.1) is 12.5 Å². The van der Waals surface area contributed by atoms with Gasteiger partial charge in [-0.1, -0.05) is 24.1 Å². The summed E-state index contributed by atoms with van der Waals surface area (Å²) in [7, 11) is 0. The summed E-state index contributed by atoms with van der Waals surface area (Å²) in [5.74, 6) is 1.68. The zero-order valence-corrected chi connectivity index (χ0v) is 11.6. The molecular formula is C14H18N2O2S. The number of rotatable bonds is 5. The molecule has 1 unspecified atom stereocenters. The number of aliphatic hydroxyl groups excluding tert-OH is 1. The number of thiophene rings is 1. The Bertz CT molecular complexity index is 503. The van der Waals surface area contributed by atoms with Gasteiger partial charge in [-0.2, -0.15) is 4.98 Å². The molecule has 2 heterocycles. The molecule has 5 heteroatoms. The molecule has 3 rings (SSSR count). The zero-order valence-electron chi connectivity index (χ0n) is 10.8. The summed E-state index contributed by atoms with van der Waals surface area (Å²) in [5.41, 5.74) is 0. The number of hydrogen-bond donors (Lipinski definition) is 1. The Morgan fingerprint density at radius 2 is 2.26 bits per heavy atom. The van der Waals surface area contributed by atoms with Crippen LogP contribution in [-0.4, -0.2) is 21.4 Å². The SMILES string of the molecule is OC(Cc1nc(Cc2cccs2)no1)C1CCCC1. The first-order valence-electron chi connectivity index (χ1n) is 6.83. The van der Waals surface area contributed by atoms with Crippen LogP contribution in [0.1, 0.15) is 42.3 Å². The van der Waals surface area contributed by atoms with Crippen molar-refractivity contribution in [2.75, 3.05) is 0 Å². The summed E-state index contributed by atoms with van der Waals surface area (Å²) in [4.78, 5) is 5.59. The topological polar surface area (TPSA) is 59.2 Å². The predicted octanol–water partition coefficient (Wildman–Crippen LogP) is 2.82. The third-order valence-electron chi connectivity index (χ3n) is 3.75. The molecule has 1 fully saturated rings. The molecule has 0 radical (unpaired) electrons. The lowest BCUT2D eigenvalue weighted by atomic mass is 9.98. The van der Waals surface area contributed by atoms with Crippen molar-refractivity contribution in [3.63, 3.8) is 0 Å². The fourth-order valence-electron chi connectivity index (χ4n) is 2.70. The fraction of sp³-hybridized carbons (Fsp3) is 0.571. The molecule has 0 aliphatic heterocycles. The average molecular weight is 278 g/mol. The maximum atomic E-state index is 10.1. The summed E-state index contributed by atoms with van der Waals surface area (Å²) >= 11 is 1.69. The van der Waals surface area contributed by atoms with E-state index >= 15 is 0 Å². The van der Waals surface area contributed by atoms with Crippen molar-refractivity contribution in [2.24, 2.45) is 5.92 Å². The smallest absolute Gasteiger partial charge is 0.229 e. The van der Waals surface area contributed by atoms with Gasteiger partial charge in [-0.25, -0.2) is 0 Å². The second-order valence-corrected chi connectivity index (χ2v) is 6.21. The molecule has 1 N–H and O–H groups in total. The van der Waals surface area contributed by atoms with Gasteiger partial charge in [0, 0.05) is 11.3 Å². The highest BCUT2D eigenvalue weighted by Crippen LogP contribution is 2.29. The third kappa shape index (κ3) is 3.22. The maximum absolute atomic E-state index is 10.1. The summed E-state index contributed by atoms with van der Waals surface area (Å²) in [5, 5.41) is 16.2. The summed E-state index contributed by atoms with van der Waals surface area (Å²) < 4.78 is 5.23. The summed E-state index contributed by atoms with van der Waals surface area (Å²) in [6.45, 7) is 0. The quantitative estimate of drug-likeness (QED) is 0.913. The fourth-order valence-corrected chi connectivity index (χ4v) is 3.40. The van der Waals surface area contributed by atoms with Crippen molar-refractivity contribution in [1.29, 1.82) is 0 Å². The Morgan fingerprint density at radius 1 is 1.42 bits per heavy atom. The normalized spacial score (nSPS) is 17.9. The largest absolute Gasteiger partial charge is 0.392 e. The minimum absolute atomic E-state index is 0.336. The molecule has 0 spiro atoms. The van der Waals surface area contributed by atoms with E-state index in [9.17, 15) is 5.11 Å². The molecular weight excluding hydrogens is 260 g/mol. The van der Waals surface area contributed by atoms with Crippen LogP contribution in [0.15, 0.2) is 22.0 Å². The van der Waals surface area contributed by atoms with E-state index in [0.29, 0.717) is 30.5 Å². The molecule has 0 aromatic carbocycles. The van der Waals surface area contributed by atoms with E-state index in [-0.39, 0.29) is 6.10 Å². The van der Waals surface area contributed by atoms with Crippen molar-refractivity contribution in [2.45, 2.75) is 44.6 Å². The molecule has 1 saturated carbocycles. The van der Waals surface area contributed by atoms with Gasteiger partial charge in [-0.15, -0.1) is 11.3 Å². The van der Waals surface area contributed by atoms with E-state index in [2.05, 4.69) is 16.2 Å². The monoisotopic (exact) mass is 278 g/mol. The van der Waals surface area contributed by atoms with E-state index < -0.39 is 0 Å².